The summed E-state index contributed by atoms with van der Waals surface area (Å²) in [4.78, 5) is 25.1. The van der Waals surface area contributed by atoms with Gasteiger partial charge in [0.05, 0.1) is 25.1 Å². The Labute approximate surface area is 224 Å². The number of anilines is 1. The second-order valence-corrected chi connectivity index (χ2v) is 10.7. The van der Waals surface area contributed by atoms with Crippen molar-refractivity contribution in [3.8, 4) is 11.4 Å². The SMILES string of the molecule is CCSc1nnc(NC(=O)CSc2nnc(CNC(=O)c3cccc(F)c3)n2-c2ccccc2OC)s1. The number of amides is 2. The van der Waals surface area contributed by atoms with E-state index in [1.165, 1.54) is 41.3 Å². The maximum Gasteiger partial charge on any atom is 0.251 e. The van der Waals surface area contributed by atoms with Crippen LogP contribution in [-0.4, -0.2) is 55.4 Å². The summed E-state index contributed by atoms with van der Waals surface area (Å²) in [7, 11) is 1.54. The van der Waals surface area contributed by atoms with Crippen LogP contribution >= 0.6 is 34.9 Å². The molecule has 0 bridgehead atoms. The van der Waals surface area contributed by atoms with Crippen molar-refractivity contribution in [2.24, 2.45) is 0 Å². The molecule has 2 aromatic carbocycles. The van der Waals surface area contributed by atoms with Crippen LogP contribution < -0.4 is 15.4 Å². The Hall–Kier alpha value is -3.49. The molecular formula is C23H22FN7O3S3. The maximum atomic E-state index is 13.5. The largest absolute Gasteiger partial charge is 0.495 e. The number of nitrogens with one attached hydrogen (secondary N) is 2. The van der Waals surface area contributed by atoms with Crippen molar-refractivity contribution in [3.63, 3.8) is 0 Å². The Morgan fingerprint density at radius 3 is 2.70 bits per heavy atom. The molecule has 2 aromatic heterocycles. The van der Waals surface area contributed by atoms with Crippen molar-refractivity contribution in [3.05, 3.63) is 65.7 Å². The molecular weight excluding hydrogens is 537 g/mol. The van der Waals surface area contributed by atoms with E-state index in [0.29, 0.717) is 27.5 Å². The molecule has 0 fully saturated rings. The fourth-order valence-corrected chi connectivity index (χ4v) is 5.61. The minimum Gasteiger partial charge on any atom is -0.495 e. The van der Waals surface area contributed by atoms with Crippen LogP contribution in [0.15, 0.2) is 58.0 Å². The first kappa shape index (κ1) is 26.6. The van der Waals surface area contributed by atoms with E-state index >= 15 is 0 Å². The van der Waals surface area contributed by atoms with Crippen molar-refractivity contribution >= 4 is 51.8 Å². The van der Waals surface area contributed by atoms with Crippen molar-refractivity contribution in [1.82, 2.24) is 30.3 Å². The van der Waals surface area contributed by atoms with Crippen molar-refractivity contribution < 1.29 is 18.7 Å². The zero-order chi connectivity index (χ0) is 26.2. The van der Waals surface area contributed by atoms with E-state index in [2.05, 4.69) is 31.0 Å². The smallest absolute Gasteiger partial charge is 0.251 e. The topological polar surface area (TPSA) is 124 Å². The number of aromatic nitrogens is 5. The van der Waals surface area contributed by atoms with Gasteiger partial charge < -0.3 is 10.1 Å². The third-order valence-electron chi connectivity index (χ3n) is 4.77. The van der Waals surface area contributed by atoms with Crippen LogP contribution in [0, 0.1) is 5.82 Å². The number of methoxy groups -OCH3 is 1. The van der Waals surface area contributed by atoms with Crippen LogP contribution in [0.5, 0.6) is 5.75 Å². The first-order valence-electron chi connectivity index (χ1n) is 11.0. The Balaban J connectivity index is 1.51. The van der Waals surface area contributed by atoms with E-state index in [4.69, 9.17) is 4.74 Å². The van der Waals surface area contributed by atoms with Gasteiger partial charge in [-0.05, 0) is 36.1 Å². The summed E-state index contributed by atoms with van der Waals surface area (Å²) in [5, 5.41) is 22.8. The molecule has 2 N–H and O–H groups in total. The second kappa shape index (κ2) is 12.7. The zero-order valence-electron chi connectivity index (χ0n) is 19.8. The van der Waals surface area contributed by atoms with Crippen molar-refractivity contribution in [2.45, 2.75) is 23.0 Å². The molecule has 0 saturated heterocycles. The number of hydrogen-bond acceptors (Lipinski definition) is 10. The summed E-state index contributed by atoms with van der Waals surface area (Å²) >= 11 is 4.03. The van der Waals surface area contributed by atoms with Gasteiger partial charge in [0.15, 0.2) is 15.3 Å². The number of hydrogen-bond donors (Lipinski definition) is 2. The number of nitrogens with zero attached hydrogens (tertiary/aromatic N) is 5. The highest BCUT2D eigenvalue weighted by Crippen LogP contribution is 2.29. The fourth-order valence-electron chi connectivity index (χ4n) is 3.18. The van der Waals surface area contributed by atoms with Crippen molar-refractivity contribution in [2.75, 3.05) is 23.9 Å². The lowest BCUT2D eigenvalue weighted by Crippen LogP contribution is -2.25. The second-order valence-electron chi connectivity index (χ2n) is 7.24. The van der Waals surface area contributed by atoms with Gasteiger partial charge in [-0.15, -0.1) is 20.4 Å². The van der Waals surface area contributed by atoms with Crippen LogP contribution in [-0.2, 0) is 11.3 Å². The number of thioether (sulfide) groups is 2. The van der Waals surface area contributed by atoms with Gasteiger partial charge in [-0.2, -0.15) is 0 Å². The molecule has 0 aliphatic rings. The third-order valence-corrected chi connectivity index (χ3v) is 7.56. The zero-order valence-corrected chi connectivity index (χ0v) is 22.3. The molecule has 192 valence electrons. The number of rotatable bonds is 11. The minimum absolute atomic E-state index is 0.00973. The van der Waals surface area contributed by atoms with E-state index in [1.807, 2.05) is 25.1 Å². The summed E-state index contributed by atoms with van der Waals surface area (Å²) in [5.41, 5.74) is 0.824. The molecule has 0 aliphatic heterocycles. The summed E-state index contributed by atoms with van der Waals surface area (Å²) in [6, 6.07) is 12.7. The highest BCUT2D eigenvalue weighted by Gasteiger charge is 2.20. The number of carbonyl (C=O) groups is 2. The average Bonchev–Trinajstić information content (AvgIpc) is 3.52. The predicted molar refractivity (Wildman–Crippen MR) is 141 cm³/mol. The molecule has 4 aromatic rings. The number of ether oxygens (including phenoxy) is 1. The lowest BCUT2D eigenvalue weighted by Gasteiger charge is -2.14. The molecule has 0 spiro atoms. The van der Waals surface area contributed by atoms with Crippen LogP contribution in [0.1, 0.15) is 23.1 Å². The van der Waals surface area contributed by atoms with Crippen LogP contribution in [0.2, 0.25) is 0 Å². The van der Waals surface area contributed by atoms with Gasteiger partial charge in [-0.3, -0.25) is 19.5 Å². The van der Waals surface area contributed by atoms with E-state index in [0.717, 1.165) is 16.2 Å². The highest BCUT2D eigenvalue weighted by molar-refractivity contribution is 8.01. The first-order chi connectivity index (χ1) is 18.0. The quantitative estimate of drug-likeness (QED) is 0.207. The van der Waals surface area contributed by atoms with Gasteiger partial charge in [0.1, 0.15) is 11.6 Å². The summed E-state index contributed by atoms with van der Waals surface area (Å²) in [6.07, 6.45) is 0. The lowest BCUT2D eigenvalue weighted by atomic mass is 10.2. The monoisotopic (exact) mass is 559 g/mol. The number of benzene rings is 2. The van der Waals surface area contributed by atoms with Gasteiger partial charge in [0.25, 0.3) is 5.91 Å². The van der Waals surface area contributed by atoms with Crippen LogP contribution in [0.3, 0.4) is 0 Å². The number of para-hydroxylation sites is 2. The first-order valence-corrected chi connectivity index (χ1v) is 13.8. The van der Waals surface area contributed by atoms with Crippen molar-refractivity contribution in [1.29, 1.82) is 0 Å². The number of carbonyl (C=O) groups excluding carboxylic acids is 2. The number of halogens is 1. The van der Waals surface area contributed by atoms with Gasteiger partial charge in [0.2, 0.25) is 11.0 Å². The van der Waals surface area contributed by atoms with Gasteiger partial charge in [-0.1, -0.05) is 60.0 Å². The highest BCUT2D eigenvalue weighted by atomic mass is 32.2. The molecule has 0 atom stereocenters. The van der Waals surface area contributed by atoms with Gasteiger partial charge in [0, 0.05) is 5.56 Å². The molecule has 0 aliphatic carbocycles. The minimum atomic E-state index is -0.504. The molecule has 10 nitrogen and oxygen atoms in total. The molecule has 0 radical (unpaired) electrons. The van der Waals surface area contributed by atoms with Crippen LogP contribution in [0.25, 0.3) is 5.69 Å². The van der Waals surface area contributed by atoms with E-state index in [9.17, 15) is 14.0 Å². The Morgan fingerprint density at radius 1 is 1.08 bits per heavy atom. The lowest BCUT2D eigenvalue weighted by molar-refractivity contribution is -0.113. The Bertz CT molecular complexity index is 1400. The van der Waals surface area contributed by atoms with Crippen LogP contribution in [0.4, 0.5) is 9.52 Å². The van der Waals surface area contributed by atoms with E-state index in [1.54, 1.807) is 29.5 Å². The normalized spacial score (nSPS) is 10.8. The molecule has 14 heteroatoms. The average molecular weight is 560 g/mol. The molecule has 0 saturated carbocycles. The molecule has 2 amide bonds. The molecule has 2 heterocycles. The Kier molecular flexibility index (Phi) is 9.09. The maximum absolute atomic E-state index is 13.5. The Morgan fingerprint density at radius 2 is 1.92 bits per heavy atom. The van der Waals surface area contributed by atoms with Gasteiger partial charge >= 0.3 is 0 Å². The van der Waals surface area contributed by atoms with E-state index in [-0.39, 0.29) is 23.8 Å². The molecule has 0 unspecified atom stereocenters. The summed E-state index contributed by atoms with van der Waals surface area (Å²) < 4.78 is 21.5. The summed E-state index contributed by atoms with van der Waals surface area (Å²) in [5.74, 6) is 0.630. The van der Waals surface area contributed by atoms with E-state index < -0.39 is 11.7 Å². The standard InChI is InChI=1S/C23H22FN7O3S3/c1-3-35-23-30-28-21(37-23)26-19(32)13-36-22-29-27-18(31(22)16-9-4-5-10-17(16)34-2)12-25-20(33)14-7-6-8-15(24)11-14/h4-11H,3,12-13H2,1-2H3,(H,25,33)(H,26,28,32). The molecule has 37 heavy (non-hydrogen) atoms. The third kappa shape index (κ3) is 6.84. The fraction of sp³-hybridized carbons (Fsp3) is 0.217. The van der Waals surface area contributed by atoms with Gasteiger partial charge in [-0.25, -0.2) is 4.39 Å². The summed E-state index contributed by atoms with van der Waals surface area (Å²) in [6.45, 7) is 2.02. The predicted octanol–water partition coefficient (Wildman–Crippen LogP) is 4.04. The molecule has 4 rings (SSSR count).